The molecule has 0 bridgehead atoms. The number of nitrogens with one attached hydrogen (secondary N) is 1. The number of aliphatic carboxylic acids is 1. The van der Waals surface area contributed by atoms with E-state index in [-0.39, 0.29) is 5.76 Å². The van der Waals surface area contributed by atoms with Crippen LogP contribution in [-0.2, 0) is 16.1 Å². The molecular formula is C13H15NO4. The number of carbonyl (C=O) groups is 2. The minimum absolute atomic E-state index is 0.290. The van der Waals surface area contributed by atoms with Crippen LogP contribution in [0.5, 0.6) is 0 Å². The van der Waals surface area contributed by atoms with Crippen molar-refractivity contribution in [2.75, 3.05) is 0 Å². The van der Waals surface area contributed by atoms with Crippen molar-refractivity contribution in [3.05, 3.63) is 47.7 Å². The summed E-state index contributed by atoms with van der Waals surface area (Å²) in [6, 6.07) is 9.26. The highest BCUT2D eigenvalue weighted by Gasteiger charge is 2.12. The molecule has 5 heteroatoms. The lowest BCUT2D eigenvalue weighted by molar-refractivity contribution is -0.135. The molecule has 0 aliphatic heterocycles. The molecule has 2 N–H and O–H groups in total. The van der Waals surface area contributed by atoms with Crippen LogP contribution < -0.4 is 5.32 Å². The standard InChI is InChI=1S/C13H15NO4/c1-2-6-11(12(15)16)18-13(17)14-9-10-7-4-3-5-8-10/h3-8H,2,9H2,1H3,(H,14,17)(H,15,16)/b11-6-. The zero-order chi connectivity index (χ0) is 13.4. The summed E-state index contributed by atoms with van der Waals surface area (Å²) < 4.78 is 4.69. The summed E-state index contributed by atoms with van der Waals surface area (Å²) in [7, 11) is 0. The van der Waals surface area contributed by atoms with Crippen molar-refractivity contribution in [3.63, 3.8) is 0 Å². The molecule has 0 heterocycles. The van der Waals surface area contributed by atoms with Gasteiger partial charge in [0.25, 0.3) is 0 Å². The molecule has 5 nitrogen and oxygen atoms in total. The molecule has 1 amide bonds. The van der Waals surface area contributed by atoms with Gasteiger partial charge in [-0.1, -0.05) is 37.3 Å². The molecule has 0 aliphatic rings. The number of rotatable bonds is 5. The molecule has 0 fully saturated rings. The summed E-state index contributed by atoms with van der Waals surface area (Å²) in [5.41, 5.74) is 0.908. The van der Waals surface area contributed by atoms with E-state index in [0.717, 1.165) is 5.56 Å². The highest BCUT2D eigenvalue weighted by Crippen LogP contribution is 2.02. The van der Waals surface area contributed by atoms with Crippen molar-refractivity contribution >= 4 is 12.1 Å². The molecule has 0 spiro atoms. The van der Waals surface area contributed by atoms with Crippen LogP contribution >= 0.6 is 0 Å². The molecule has 96 valence electrons. The summed E-state index contributed by atoms with van der Waals surface area (Å²) in [5, 5.41) is 11.2. The Hall–Kier alpha value is -2.30. The lowest BCUT2D eigenvalue weighted by atomic mass is 10.2. The number of carbonyl (C=O) groups excluding carboxylic acids is 1. The summed E-state index contributed by atoms with van der Waals surface area (Å²) >= 11 is 0. The number of hydrogen-bond donors (Lipinski definition) is 2. The highest BCUT2D eigenvalue weighted by atomic mass is 16.6. The third kappa shape index (κ3) is 4.69. The van der Waals surface area contributed by atoms with Crippen LogP contribution in [0.1, 0.15) is 18.9 Å². The van der Waals surface area contributed by atoms with Gasteiger partial charge in [-0.2, -0.15) is 0 Å². The maximum absolute atomic E-state index is 11.4. The Morgan fingerprint density at radius 3 is 2.56 bits per heavy atom. The van der Waals surface area contributed by atoms with Crippen LogP contribution in [0, 0.1) is 0 Å². The van der Waals surface area contributed by atoms with E-state index >= 15 is 0 Å². The number of alkyl carbamates (subject to hydrolysis) is 1. The van der Waals surface area contributed by atoms with Gasteiger partial charge in [-0.3, -0.25) is 0 Å². The first kappa shape index (κ1) is 13.8. The van der Waals surface area contributed by atoms with E-state index in [1.807, 2.05) is 30.3 Å². The Balaban J connectivity index is 2.47. The van der Waals surface area contributed by atoms with Crippen LogP contribution in [0.4, 0.5) is 4.79 Å². The molecule has 0 radical (unpaired) electrons. The summed E-state index contributed by atoms with van der Waals surface area (Å²) in [6.45, 7) is 2.05. The molecule has 18 heavy (non-hydrogen) atoms. The molecule has 0 saturated carbocycles. The first-order valence-corrected chi connectivity index (χ1v) is 5.56. The Morgan fingerprint density at radius 1 is 1.33 bits per heavy atom. The summed E-state index contributed by atoms with van der Waals surface area (Å²) in [5.74, 6) is -1.62. The number of amides is 1. The Labute approximate surface area is 105 Å². The minimum atomic E-state index is -1.26. The van der Waals surface area contributed by atoms with Crippen LogP contribution in [0.2, 0.25) is 0 Å². The van der Waals surface area contributed by atoms with Crippen molar-refractivity contribution < 1.29 is 19.4 Å². The maximum atomic E-state index is 11.4. The zero-order valence-electron chi connectivity index (χ0n) is 10.1. The largest absolute Gasteiger partial charge is 0.475 e. The predicted octanol–water partition coefficient (Wildman–Crippen LogP) is 2.29. The van der Waals surface area contributed by atoms with Crippen molar-refractivity contribution in [2.24, 2.45) is 0 Å². The second kappa shape index (κ2) is 7.11. The van der Waals surface area contributed by atoms with Crippen LogP contribution in [0.25, 0.3) is 0 Å². The molecule has 0 aromatic heterocycles. The Morgan fingerprint density at radius 2 is 2.00 bits per heavy atom. The third-order valence-electron chi connectivity index (χ3n) is 2.08. The van der Waals surface area contributed by atoms with Gasteiger partial charge < -0.3 is 15.2 Å². The zero-order valence-corrected chi connectivity index (χ0v) is 10.1. The quantitative estimate of drug-likeness (QED) is 0.620. The predicted molar refractivity (Wildman–Crippen MR) is 65.8 cm³/mol. The molecule has 0 aliphatic carbocycles. The summed E-state index contributed by atoms with van der Waals surface area (Å²) in [6.07, 6.45) is 1.04. The second-order valence-corrected chi connectivity index (χ2v) is 3.51. The monoisotopic (exact) mass is 249 g/mol. The van der Waals surface area contributed by atoms with E-state index in [1.54, 1.807) is 6.92 Å². The van der Waals surface area contributed by atoms with Gasteiger partial charge in [-0.25, -0.2) is 9.59 Å². The number of allylic oxidation sites excluding steroid dienone is 1. The van der Waals surface area contributed by atoms with E-state index in [1.165, 1.54) is 6.08 Å². The van der Waals surface area contributed by atoms with Crippen LogP contribution in [0.15, 0.2) is 42.2 Å². The smallest absolute Gasteiger partial charge is 0.413 e. The van der Waals surface area contributed by atoms with Crippen LogP contribution in [0.3, 0.4) is 0 Å². The fourth-order valence-corrected chi connectivity index (χ4v) is 1.26. The minimum Gasteiger partial charge on any atom is -0.475 e. The van der Waals surface area contributed by atoms with Gasteiger partial charge in [-0.05, 0) is 18.1 Å². The summed E-state index contributed by atoms with van der Waals surface area (Å²) in [4.78, 5) is 22.1. The number of ether oxygens (including phenoxy) is 1. The van der Waals surface area contributed by atoms with E-state index in [9.17, 15) is 9.59 Å². The third-order valence-corrected chi connectivity index (χ3v) is 2.08. The number of benzene rings is 1. The first-order valence-electron chi connectivity index (χ1n) is 5.56. The normalized spacial score (nSPS) is 10.8. The van der Waals surface area contributed by atoms with Crippen molar-refractivity contribution in [1.82, 2.24) is 5.32 Å². The number of carboxylic acids is 1. The first-order chi connectivity index (χ1) is 8.63. The lowest BCUT2D eigenvalue weighted by Gasteiger charge is -2.06. The molecule has 0 unspecified atom stereocenters. The molecule has 0 atom stereocenters. The van der Waals surface area contributed by atoms with E-state index in [0.29, 0.717) is 13.0 Å². The lowest BCUT2D eigenvalue weighted by Crippen LogP contribution is -2.25. The van der Waals surface area contributed by atoms with Crippen molar-refractivity contribution in [3.8, 4) is 0 Å². The SMILES string of the molecule is CC/C=C(\OC(=O)NCc1ccccc1)C(=O)O. The molecular weight excluding hydrogens is 234 g/mol. The molecule has 1 rings (SSSR count). The number of hydrogen-bond acceptors (Lipinski definition) is 3. The average Bonchev–Trinajstić information content (AvgIpc) is 2.37. The van der Waals surface area contributed by atoms with Crippen LogP contribution in [-0.4, -0.2) is 17.2 Å². The Bertz CT molecular complexity index is 440. The van der Waals surface area contributed by atoms with Gasteiger partial charge in [0.2, 0.25) is 5.76 Å². The van der Waals surface area contributed by atoms with Crippen molar-refractivity contribution in [2.45, 2.75) is 19.9 Å². The topological polar surface area (TPSA) is 75.6 Å². The fraction of sp³-hybridized carbons (Fsp3) is 0.231. The van der Waals surface area contributed by atoms with Gasteiger partial charge in [0.05, 0.1) is 0 Å². The molecule has 1 aromatic carbocycles. The van der Waals surface area contributed by atoms with Crippen molar-refractivity contribution in [1.29, 1.82) is 0 Å². The fourth-order valence-electron chi connectivity index (χ4n) is 1.26. The van der Waals surface area contributed by atoms with E-state index < -0.39 is 12.1 Å². The van der Waals surface area contributed by atoms with Gasteiger partial charge in [0, 0.05) is 6.54 Å². The van der Waals surface area contributed by atoms with E-state index in [4.69, 9.17) is 5.11 Å². The van der Waals surface area contributed by atoms with Gasteiger partial charge in [0.1, 0.15) is 0 Å². The molecule has 0 saturated heterocycles. The second-order valence-electron chi connectivity index (χ2n) is 3.51. The maximum Gasteiger partial charge on any atom is 0.413 e. The van der Waals surface area contributed by atoms with Gasteiger partial charge >= 0.3 is 12.1 Å². The average molecular weight is 249 g/mol. The van der Waals surface area contributed by atoms with Gasteiger partial charge in [-0.15, -0.1) is 0 Å². The van der Waals surface area contributed by atoms with E-state index in [2.05, 4.69) is 10.1 Å². The number of carboxylic acid groups (broad SMARTS) is 1. The Kier molecular flexibility index (Phi) is 5.44. The molecule has 1 aromatic rings. The highest BCUT2D eigenvalue weighted by molar-refractivity contribution is 5.87. The van der Waals surface area contributed by atoms with Gasteiger partial charge in [0.15, 0.2) is 0 Å².